The van der Waals surface area contributed by atoms with Gasteiger partial charge in [0.2, 0.25) is 0 Å². The van der Waals surface area contributed by atoms with Crippen molar-refractivity contribution in [2.75, 3.05) is 25.0 Å². The Balaban J connectivity index is 1.99. The number of rotatable bonds is 4. The van der Waals surface area contributed by atoms with Gasteiger partial charge in [0.15, 0.2) is 0 Å². The van der Waals surface area contributed by atoms with Gasteiger partial charge in [-0.15, -0.1) is 0 Å². The van der Waals surface area contributed by atoms with Gasteiger partial charge in [0.1, 0.15) is 6.54 Å². The molecule has 0 spiro atoms. The first-order chi connectivity index (χ1) is 12.8. The zero-order valence-electron chi connectivity index (χ0n) is 14.8. The fourth-order valence-corrected chi connectivity index (χ4v) is 3.27. The number of hydrogen-bond acceptors (Lipinski definition) is 5. The molecule has 0 amide bonds. The number of hydrogen-bond donors (Lipinski definition) is 4. The number of benzene rings is 1. The maximum atomic E-state index is 13.1. The average Bonchev–Trinajstić information content (AvgIpc) is 2.93. The summed E-state index contributed by atoms with van der Waals surface area (Å²) in [5, 5.41) is 8.37. The Morgan fingerprint density at radius 1 is 1.26 bits per heavy atom. The van der Waals surface area contributed by atoms with Crippen molar-refractivity contribution < 1.29 is 13.2 Å². The molecule has 1 saturated heterocycles. The minimum atomic E-state index is -4.35. The highest BCUT2D eigenvalue weighted by atomic mass is 19.4. The summed E-state index contributed by atoms with van der Waals surface area (Å²) in [6.45, 7) is 0.794. The second kappa shape index (κ2) is 8.19. The highest BCUT2D eigenvalue weighted by Gasteiger charge is 2.30. The standard InChI is InChI=1S/C18H23F3N6/c19-18(20,21)12-26-14(3-2-10-27(22)23)11-15-16(4-1-5-17(15)26)25-13-6-8-24-9-7-13/h1,4-5,11,13,24-25H,6-10,12,22-23H2. The summed E-state index contributed by atoms with van der Waals surface area (Å²) < 4.78 is 40.5. The third kappa shape index (κ3) is 5.14. The summed E-state index contributed by atoms with van der Waals surface area (Å²) >= 11 is 0. The Kier molecular flexibility index (Phi) is 5.92. The Morgan fingerprint density at radius 3 is 2.67 bits per heavy atom. The highest BCUT2D eigenvalue weighted by Crippen LogP contribution is 2.31. The third-order valence-electron chi connectivity index (χ3n) is 4.46. The van der Waals surface area contributed by atoms with Crippen LogP contribution in [0.2, 0.25) is 0 Å². The largest absolute Gasteiger partial charge is 0.406 e. The Labute approximate surface area is 155 Å². The number of nitrogens with one attached hydrogen (secondary N) is 2. The van der Waals surface area contributed by atoms with Gasteiger partial charge in [-0.1, -0.05) is 12.0 Å². The van der Waals surface area contributed by atoms with Crippen molar-refractivity contribution in [2.45, 2.75) is 31.6 Å². The molecular weight excluding hydrogens is 357 g/mol. The summed E-state index contributed by atoms with van der Waals surface area (Å²) in [6.07, 6.45) is -2.42. The van der Waals surface area contributed by atoms with Gasteiger partial charge in [-0.05, 0) is 50.1 Å². The molecule has 0 aliphatic carbocycles. The maximum absolute atomic E-state index is 13.1. The Morgan fingerprint density at radius 2 is 2.00 bits per heavy atom. The summed E-state index contributed by atoms with van der Waals surface area (Å²) in [7, 11) is 0. The second-order valence-corrected chi connectivity index (χ2v) is 6.61. The lowest BCUT2D eigenvalue weighted by atomic mass is 10.1. The van der Waals surface area contributed by atoms with Crippen LogP contribution in [0.15, 0.2) is 24.3 Å². The predicted molar refractivity (Wildman–Crippen MR) is 99.5 cm³/mol. The van der Waals surface area contributed by atoms with Crippen LogP contribution in [0.3, 0.4) is 0 Å². The van der Waals surface area contributed by atoms with Crippen LogP contribution >= 0.6 is 0 Å². The molecule has 2 heterocycles. The molecule has 0 saturated carbocycles. The lowest BCUT2D eigenvalue weighted by Gasteiger charge is -2.25. The van der Waals surface area contributed by atoms with Crippen LogP contribution < -0.4 is 22.3 Å². The van der Waals surface area contributed by atoms with Gasteiger partial charge >= 0.3 is 6.18 Å². The molecule has 0 atom stereocenters. The summed E-state index contributed by atoms with van der Waals surface area (Å²) in [6, 6.07) is 7.31. The lowest BCUT2D eigenvalue weighted by molar-refractivity contribution is -0.140. The fraction of sp³-hybridized carbons (Fsp3) is 0.444. The van der Waals surface area contributed by atoms with E-state index in [1.807, 2.05) is 6.07 Å². The van der Waals surface area contributed by atoms with E-state index >= 15 is 0 Å². The van der Waals surface area contributed by atoms with Crippen molar-refractivity contribution in [1.29, 1.82) is 0 Å². The molecule has 9 heteroatoms. The molecular formula is C18H23F3N6. The SMILES string of the molecule is NN(N)CC#Cc1cc2c(NC3CCNCC3)cccc2n1CC(F)(F)F. The van der Waals surface area contributed by atoms with Crippen LogP contribution in [0.5, 0.6) is 0 Å². The molecule has 146 valence electrons. The van der Waals surface area contributed by atoms with E-state index < -0.39 is 12.7 Å². The number of halogens is 3. The van der Waals surface area contributed by atoms with Crippen LogP contribution in [-0.4, -0.2) is 41.5 Å². The quantitative estimate of drug-likeness (QED) is 0.369. The van der Waals surface area contributed by atoms with E-state index in [0.29, 0.717) is 11.6 Å². The van der Waals surface area contributed by atoms with Crippen LogP contribution in [0.25, 0.3) is 10.9 Å². The zero-order valence-corrected chi connectivity index (χ0v) is 14.8. The van der Waals surface area contributed by atoms with E-state index in [-0.39, 0.29) is 12.2 Å². The molecule has 6 N–H and O–H groups in total. The van der Waals surface area contributed by atoms with Gasteiger partial charge in [-0.25, -0.2) is 0 Å². The molecule has 3 rings (SSSR count). The van der Waals surface area contributed by atoms with Gasteiger partial charge in [0.25, 0.3) is 0 Å². The number of piperidine rings is 1. The van der Waals surface area contributed by atoms with Gasteiger partial charge < -0.3 is 15.2 Å². The van der Waals surface area contributed by atoms with Gasteiger partial charge in [0, 0.05) is 17.1 Å². The molecule has 1 aromatic carbocycles. The molecule has 0 unspecified atom stereocenters. The summed E-state index contributed by atoms with van der Waals surface area (Å²) in [4.78, 5) is 0. The van der Waals surface area contributed by atoms with Crippen molar-refractivity contribution in [3.8, 4) is 11.8 Å². The smallest absolute Gasteiger partial charge is 0.382 e. The molecule has 2 aromatic rings. The third-order valence-corrected chi connectivity index (χ3v) is 4.46. The number of aromatic nitrogens is 1. The van der Waals surface area contributed by atoms with E-state index in [9.17, 15) is 13.2 Å². The minimum Gasteiger partial charge on any atom is -0.382 e. The van der Waals surface area contributed by atoms with E-state index in [2.05, 4.69) is 22.5 Å². The van der Waals surface area contributed by atoms with Crippen molar-refractivity contribution >= 4 is 16.6 Å². The molecule has 1 fully saturated rings. The summed E-state index contributed by atoms with van der Waals surface area (Å²) in [5.41, 5.74) is 1.60. The maximum Gasteiger partial charge on any atom is 0.406 e. The van der Waals surface area contributed by atoms with Crippen molar-refractivity contribution in [1.82, 2.24) is 15.0 Å². The number of alkyl halides is 3. The van der Waals surface area contributed by atoms with Crippen LogP contribution in [0, 0.1) is 11.8 Å². The lowest BCUT2D eigenvalue weighted by Crippen LogP contribution is -2.37. The van der Waals surface area contributed by atoms with Crippen LogP contribution in [0.1, 0.15) is 18.5 Å². The molecule has 1 aliphatic rings. The number of hydrazine groups is 2. The molecule has 0 bridgehead atoms. The predicted octanol–water partition coefficient (Wildman–Crippen LogP) is 1.77. The van der Waals surface area contributed by atoms with E-state index in [4.69, 9.17) is 11.7 Å². The molecule has 0 radical (unpaired) electrons. The van der Waals surface area contributed by atoms with Crippen LogP contribution in [-0.2, 0) is 6.54 Å². The van der Waals surface area contributed by atoms with Crippen molar-refractivity contribution in [3.05, 3.63) is 30.0 Å². The zero-order chi connectivity index (χ0) is 19.4. The minimum absolute atomic E-state index is 0.0493. The number of nitrogens with zero attached hydrogens (tertiary/aromatic N) is 2. The van der Waals surface area contributed by atoms with Gasteiger partial charge in [-0.3, -0.25) is 11.7 Å². The topological polar surface area (TPSA) is 84.3 Å². The molecule has 1 aromatic heterocycles. The fourth-order valence-electron chi connectivity index (χ4n) is 3.27. The normalized spacial score (nSPS) is 15.8. The first-order valence-electron chi connectivity index (χ1n) is 8.75. The Bertz CT molecular complexity index is 840. The number of nitrogens with two attached hydrogens (primary N) is 2. The summed E-state index contributed by atoms with van der Waals surface area (Å²) in [5.74, 6) is 16.1. The second-order valence-electron chi connectivity index (χ2n) is 6.61. The molecule has 1 aliphatic heterocycles. The highest BCUT2D eigenvalue weighted by molar-refractivity contribution is 5.94. The first-order valence-corrected chi connectivity index (χ1v) is 8.75. The average molecular weight is 380 g/mol. The van der Waals surface area contributed by atoms with E-state index in [1.165, 1.54) is 4.57 Å². The monoisotopic (exact) mass is 380 g/mol. The van der Waals surface area contributed by atoms with Crippen molar-refractivity contribution in [2.24, 2.45) is 11.7 Å². The first kappa shape index (κ1) is 19.5. The van der Waals surface area contributed by atoms with E-state index in [0.717, 1.165) is 42.1 Å². The van der Waals surface area contributed by atoms with Gasteiger partial charge in [-0.2, -0.15) is 18.3 Å². The number of fused-ring (bicyclic) bond motifs is 1. The van der Waals surface area contributed by atoms with Crippen molar-refractivity contribution in [3.63, 3.8) is 0 Å². The molecule has 27 heavy (non-hydrogen) atoms. The van der Waals surface area contributed by atoms with Gasteiger partial charge in [0.05, 0.1) is 17.8 Å². The van der Waals surface area contributed by atoms with Crippen LogP contribution in [0.4, 0.5) is 18.9 Å². The number of anilines is 1. The van der Waals surface area contributed by atoms with E-state index in [1.54, 1.807) is 18.2 Å². The molecule has 6 nitrogen and oxygen atoms in total. The Hall–Kier alpha value is -2.25.